The van der Waals surface area contributed by atoms with Crippen LogP contribution < -0.4 is 11.1 Å². The Morgan fingerprint density at radius 2 is 1.90 bits per heavy atom. The number of nitrogens with one attached hydrogen (secondary N) is 1. The van der Waals surface area contributed by atoms with Gasteiger partial charge in [-0.2, -0.15) is 0 Å². The zero-order chi connectivity index (χ0) is 16.3. The van der Waals surface area contributed by atoms with Crippen molar-refractivity contribution in [3.05, 3.63) is 28.8 Å². The summed E-state index contributed by atoms with van der Waals surface area (Å²) in [6.45, 7) is 10.2. The van der Waals surface area contributed by atoms with Gasteiger partial charge in [0, 0.05) is 10.7 Å². The molecule has 1 rings (SSSR count). The van der Waals surface area contributed by atoms with Gasteiger partial charge in [0.1, 0.15) is 5.60 Å². The van der Waals surface area contributed by atoms with Gasteiger partial charge in [0.15, 0.2) is 0 Å². The molecule has 0 unspecified atom stereocenters. The molecular formula is C16H25ClN2O2. The maximum absolute atomic E-state index is 11.8. The smallest absolute Gasteiger partial charge is 0.412 e. The van der Waals surface area contributed by atoms with Crippen LogP contribution in [0.5, 0.6) is 0 Å². The number of anilines is 1. The van der Waals surface area contributed by atoms with Crippen LogP contribution in [0.4, 0.5) is 10.5 Å². The highest BCUT2D eigenvalue weighted by atomic mass is 35.5. The van der Waals surface area contributed by atoms with Crippen molar-refractivity contribution in [3.63, 3.8) is 0 Å². The molecule has 0 atom stereocenters. The first-order chi connectivity index (χ1) is 9.52. The Morgan fingerprint density at radius 1 is 1.29 bits per heavy atom. The summed E-state index contributed by atoms with van der Waals surface area (Å²) in [4.78, 5) is 11.8. The molecule has 3 N–H and O–H groups in total. The van der Waals surface area contributed by atoms with Crippen LogP contribution in [0.1, 0.15) is 40.2 Å². The summed E-state index contributed by atoms with van der Waals surface area (Å²) in [6, 6.07) is 5.39. The van der Waals surface area contributed by atoms with E-state index in [-0.39, 0.29) is 5.41 Å². The maximum Gasteiger partial charge on any atom is 0.412 e. The van der Waals surface area contributed by atoms with E-state index in [4.69, 9.17) is 22.1 Å². The normalized spacial score (nSPS) is 12.1. The van der Waals surface area contributed by atoms with Crippen LogP contribution in [0.2, 0.25) is 5.02 Å². The van der Waals surface area contributed by atoms with E-state index >= 15 is 0 Å². The molecule has 0 saturated heterocycles. The van der Waals surface area contributed by atoms with E-state index in [0.29, 0.717) is 17.3 Å². The molecule has 5 heteroatoms. The Kier molecular flexibility index (Phi) is 5.65. The number of halogens is 1. The Hall–Kier alpha value is -1.26. The summed E-state index contributed by atoms with van der Waals surface area (Å²) >= 11 is 6.22. The number of nitrogens with two attached hydrogens (primary N) is 1. The molecule has 0 saturated carbocycles. The van der Waals surface area contributed by atoms with Crippen molar-refractivity contribution in [3.8, 4) is 0 Å². The quantitative estimate of drug-likeness (QED) is 0.875. The zero-order valence-corrected chi connectivity index (χ0v) is 14.2. The van der Waals surface area contributed by atoms with Crippen LogP contribution >= 0.6 is 11.6 Å². The highest BCUT2D eigenvalue weighted by Crippen LogP contribution is 2.28. The zero-order valence-electron chi connectivity index (χ0n) is 13.4. The van der Waals surface area contributed by atoms with E-state index in [1.807, 2.05) is 26.8 Å². The average Bonchev–Trinajstić information content (AvgIpc) is 2.30. The fourth-order valence-corrected chi connectivity index (χ4v) is 1.98. The van der Waals surface area contributed by atoms with Crippen molar-refractivity contribution >= 4 is 23.4 Å². The Bertz CT molecular complexity index is 507. The van der Waals surface area contributed by atoms with E-state index in [1.54, 1.807) is 12.1 Å². The van der Waals surface area contributed by atoms with Gasteiger partial charge in [-0.05, 0) is 62.9 Å². The largest absolute Gasteiger partial charge is 0.444 e. The molecule has 1 amide bonds. The Labute approximate surface area is 132 Å². The lowest BCUT2D eigenvalue weighted by Gasteiger charge is -2.23. The first kappa shape index (κ1) is 17.8. The molecule has 0 bridgehead atoms. The van der Waals surface area contributed by atoms with Crippen molar-refractivity contribution in [1.82, 2.24) is 0 Å². The van der Waals surface area contributed by atoms with Crippen molar-refractivity contribution in [2.24, 2.45) is 11.1 Å². The van der Waals surface area contributed by atoms with Gasteiger partial charge >= 0.3 is 6.09 Å². The van der Waals surface area contributed by atoms with Gasteiger partial charge in [0.25, 0.3) is 0 Å². The van der Waals surface area contributed by atoms with E-state index in [9.17, 15) is 4.79 Å². The predicted molar refractivity (Wildman–Crippen MR) is 87.8 cm³/mol. The fourth-order valence-electron chi connectivity index (χ4n) is 1.80. The van der Waals surface area contributed by atoms with Gasteiger partial charge in [-0.3, -0.25) is 5.32 Å². The summed E-state index contributed by atoms with van der Waals surface area (Å²) in [5, 5.41) is 3.39. The van der Waals surface area contributed by atoms with Crippen molar-refractivity contribution in [2.75, 3.05) is 11.9 Å². The molecule has 0 heterocycles. The Morgan fingerprint density at radius 3 is 2.43 bits per heavy atom. The highest BCUT2D eigenvalue weighted by Gasteiger charge is 2.19. The standard InChI is InChI=1S/C16H25ClN2O2/c1-15(2,3)21-14(20)19-12-6-7-13(17)11(8-12)9-16(4,5)10-18/h6-8H,9-10,18H2,1-5H3,(H,19,20). The van der Waals surface area contributed by atoms with E-state index in [2.05, 4.69) is 19.2 Å². The van der Waals surface area contributed by atoms with E-state index in [1.165, 1.54) is 0 Å². The van der Waals surface area contributed by atoms with Crippen molar-refractivity contribution < 1.29 is 9.53 Å². The summed E-state index contributed by atoms with van der Waals surface area (Å²) in [5.74, 6) is 0. The van der Waals surface area contributed by atoms with Gasteiger partial charge in [0.2, 0.25) is 0 Å². The molecule has 0 spiro atoms. The Balaban J connectivity index is 2.85. The third-order valence-electron chi connectivity index (χ3n) is 2.91. The summed E-state index contributed by atoms with van der Waals surface area (Å²) in [6.07, 6.45) is 0.264. The molecular weight excluding hydrogens is 288 g/mol. The highest BCUT2D eigenvalue weighted by molar-refractivity contribution is 6.31. The molecule has 4 nitrogen and oxygen atoms in total. The molecule has 21 heavy (non-hydrogen) atoms. The second-order valence-electron chi connectivity index (χ2n) is 6.98. The first-order valence-electron chi connectivity index (χ1n) is 7.01. The number of amides is 1. The summed E-state index contributed by atoms with van der Waals surface area (Å²) < 4.78 is 5.23. The lowest BCUT2D eigenvalue weighted by molar-refractivity contribution is 0.0636. The third-order valence-corrected chi connectivity index (χ3v) is 3.28. The first-order valence-corrected chi connectivity index (χ1v) is 7.39. The molecule has 0 aliphatic carbocycles. The lowest BCUT2D eigenvalue weighted by Crippen LogP contribution is -2.27. The van der Waals surface area contributed by atoms with Gasteiger partial charge in [-0.25, -0.2) is 4.79 Å². The number of carbonyl (C=O) groups excluding carboxylic acids is 1. The summed E-state index contributed by atoms with van der Waals surface area (Å²) in [7, 11) is 0. The van der Waals surface area contributed by atoms with Crippen molar-refractivity contribution in [1.29, 1.82) is 0 Å². The predicted octanol–water partition coefficient (Wildman–Crippen LogP) is 4.21. The number of rotatable bonds is 4. The van der Waals surface area contributed by atoms with Gasteiger partial charge < -0.3 is 10.5 Å². The van der Waals surface area contributed by atoms with Crippen LogP contribution in [0.25, 0.3) is 0 Å². The van der Waals surface area contributed by atoms with Gasteiger partial charge in [0.05, 0.1) is 0 Å². The minimum atomic E-state index is -0.527. The fraction of sp³-hybridized carbons (Fsp3) is 0.562. The van der Waals surface area contributed by atoms with E-state index in [0.717, 1.165) is 12.0 Å². The monoisotopic (exact) mass is 312 g/mol. The second-order valence-corrected chi connectivity index (χ2v) is 7.39. The average molecular weight is 313 g/mol. The number of hydrogen-bond acceptors (Lipinski definition) is 3. The topological polar surface area (TPSA) is 64.3 Å². The molecule has 0 fully saturated rings. The lowest BCUT2D eigenvalue weighted by atomic mass is 9.86. The number of carbonyl (C=O) groups is 1. The SMILES string of the molecule is CC(C)(CN)Cc1cc(NC(=O)OC(C)(C)C)ccc1Cl. The summed E-state index contributed by atoms with van der Waals surface area (Å²) in [5.41, 5.74) is 6.81. The van der Waals surface area contributed by atoms with Crippen LogP contribution in [0, 0.1) is 5.41 Å². The third kappa shape index (κ3) is 6.36. The van der Waals surface area contributed by atoms with Gasteiger partial charge in [-0.1, -0.05) is 25.4 Å². The molecule has 1 aromatic carbocycles. The molecule has 1 aromatic rings. The van der Waals surface area contributed by atoms with Crippen molar-refractivity contribution in [2.45, 2.75) is 46.6 Å². The molecule has 0 radical (unpaired) electrons. The van der Waals surface area contributed by atoms with Gasteiger partial charge in [-0.15, -0.1) is 0 Å². The van der Waals surface area contributed by atoms with Crippen LogP contribution in [-0.4, -0.2) is 18.2 Å². The van der Waals surface area contributed by atoms with Crippen LogP contribution in [-0.2, 0) is 11.2 Å². The molecule has 0 aliphatic heterocycles. The number of benzene rings is 1. The maximum atomic E-state index is 11.8. The minimum Gasteiger partial charge on any atom is -0.444 e. The van der Waals surface area contributed by atoms with Crippen LogP contribution in [0.3, 0.4) is 0 Å². The van der Waals surface area contributed by atoms with Crippen LogP contribution in [0.15, 0.2) is 18.2 Å². The molecule has 0 aliphatic rings. The number of hydrogen-bond donors (Lipinski definition) is 2. The van der Waals surface area contributed by atoms with E-state index < -0.39 is 11.7 Å². The molecule has 118 valence electrons. The second kappa shape index (κ2) is 6.67. The molecule has 0 aromatic heterocycles. The minimum absolute atomic E-state index is 0.0474. The number of ether oxygens (including phenoxy) is 1.